The zero-order valence-corrected chi connectivity index (χ0v) is 19.6. The molecule has 2 amide bonds. The summed E-state index contributed by atoms with van der Waals surface area (Å²) >= 11 is 0. The van der Waals surface area contributed by atoms with Crippen LogP contribution in [-0.4, -0.2) is 61.1 Å². The normalized spacial score (nSPS) is 22.4. The van der Waals surface area contributed by atoms with Crippen molar-refractivity contribution in [1.82, 2.24) is 10.2 Å². The Morgan fingerprint density at radius 3 is 2.30 bits per heavy atom. The van der Waals surface area contributed by atoms with Crippen LogP contribution in [0.2, 0.25) is 0 Å². The molecule has 0 unspecified atom stereocenters. The predicted molar refractivity (Wildman–Crippen MR) is 127 cm³/mol. The second-order valence-corrected chi connectivity index (χ2v) is 11.2. The van der Waals surface area contributed by atoms with Gasteiger partial charge < -0.3 is 15.3 Å². The van der Waals surface area contributed by atoms with Crippen LogP contribution in [0.25, 0.3) is 11.1 Å². The summed E-state index contributed by atoms with van der Waals surface area (Å²) in [4.78, 5) is 27.5. The molecule has 0 saturated carbocycles. The van der Waals surface area contributed by atoms with Gasteiger partial charge in [-0.05, 0) is 47.7 Å². The van der Waals surface area contributed by atoms with Crippen molar-refractivity contribution in [2.45, 2.75) is 38.9 Å². The average Bonchev–Trinajstić information content (AvgIpc) is 2.75. The van der Waals surface area contributed by atoms with E-state index < -0.39 is 22.0 Å². The first-order chi connectivity index (χ1) is 15.6. The van der Waals surface area contributed by atoms with Crippen LogP contribution in [0.1, 0.15) is 37.4 Å². The molecular weight excluding hydrogens is 442 g/mol. The smallest absolute Gasteiger partial charge is 0.405 e. The number of benzene rings is 2. The van der Waals surface area contributed by atoms with E-state index in [-0.39, 0.29) is 23.5 Å². The molecule has 176 valence electrons. The van der Waals surface area contributed by atoms with E-state index in [1.807, 2.05) is 49.4 Å². The standard InChI is InChI=1S/C24H29N3O5S/c1-16-13-22(25-24(29)30)21-14-20(7-8-23(21)27(16)17(2)28)19-5-3-18(4-6-19)15-26-9-11-33(31,32)12-10-26/h3-8,14,16,22,25H,9-13,15H2,1-2H3,(H,29,30)/t16-,22+/m1/s1. The Morgan fingerprint density at radius 1 is 1.06 bits per heavy atom. The first kappa shape index (κ1) is 23.3. The third kappa shape index (κ3) is 5.20. The SMILES string of the molecule is CC(=O)N1c2ccc(-c3ccc(CN4CCS(=O)(=O)CC4)cc3)cc2[C@@H](NC(=O)O)C[C@H]1C. The number of amides is 2. The van der Waals surface area contributed by atoms with Crippen molar-refractivity contribution in [1.29, 1.82) is 0 Å². The van der Waals surface area contributed by atoms with Crippen molar-refractivity contribution < 1.29 is 23.1 Å². The molecule has 4 rings (SSSR count). The number of nitrogens with zero attached hydrogens (tertiary/aromatic N) is 2. The molecule has 2 aliphatic rings. The van der Waals surface area contributed by atoms with Gasteiger partial charge in [0.05, 0.1) is 17.5 Å². The largest absolute Gasteiger partial charge is 0.465 e. The van der Waals surface area contributed by atoms with E-state index in [4.69, 9.17) is 0 Å². The zero-order valence-electron chi connectivity index (χ0n) is 18.8. The first-order valence-electron chi connectivity index (χ1n) is 11.1. The third-order valence-electron chi connectivity index (χ3n) is 6.45. The summed E-state index contributed by atoms with van der Waals surface area (Å²) in [5.41, 5.74) is 4.57. The van der Waals surface area contributed by atoms with Gasteiger partial charge >= 0.3 is 6.09 Å². The van der Waals surface area contributed by atoms with Crippen LogP contribution in [0.5, 0.6) is 0 Å². The zero-order chi connectivity index (χ0) is 23.8. The van der Waals surface area contributed by atoms with Crippen molar-refractivity contribution in [3.05, 3.63) is 53.6 Å². The summed E-state index contributed by atoms with van der Waals surface area (Å²) in [5, 5.41) is 11.9. The highest BCUT2D eigenvalue weighted by Gasteiger charge is 2.33. The molecule has 0 aromatic heterocycles. The Kier molecular flexibility index (Phi) is 6.45. The number of nitrogens with one attached hydrogen (secondary N) is 1. The molecule has 2 aliphatic heterocycles. The maximum Gasteiger partial charge on any atom is 0.405 e. The number of anilines is 1. The van der Waals surface area contributed by atoms with Gasteiger partial charge in [0.1, 0.15) is 0 Å². The molecule has 1 fully saturated rings. The topological polar surface area (TPSA) is 107 Å². The highest BCUT2D eigenvalue weighted by Crippen LogP contribution is 2.39. The van der Waals surface area contributed by atoms with Crippen LogP contribution >= 0.6 is 0 Å². The van der Waals surface area contributed by atoms with E-state index in [9.17, 15) is 23.1 Å². The van der Waals surface area contributed by atoms with E-state index in [0.29, 0.717) is 26.1 Å². The van der Waals surface area contributed by atoms with Gasteiger partial charge in [-0.1, -0.05) is 30.3 Å². The number of fused-ring (bicyclic) bond motifs is 1. The van der Waals surface area contributed by atoms with Gasteiger partial charge in [-0.3, -0.25) is 9.69 Å². The van der Waals surface area contributed by atoms with Gasteiger partial charge in [-0.25, -0.2) is 13.2 Å². The number of carbonyl (C=O) groups is 2. The fourth-order valence-electron chi connectivity index (χ4n) is 4.78. The number of carboxylic acid groups (broad SMARTS) is 1. The molecule has 2 N–H and O–H groups in total. The van der Waals surface area contributed by atoms with E-state index in [2.05, 4.69) is 10.2 Å². The molecule has 2 atom stereocenters. The van der Waals surface area contributed by atoms with Gasteiger partial charge in [0.2, 0.25) is 5.91 Å². The molecule has 8 nitrogen and oxygen atoms in total. The third-order valence-corrected chi connectivity index (χ3v) is 8.06. The number of sulfone groups is 1. The van der Waals surface area contributed by atoms with Crippen LogP contribution in [0.4, 0.5) is 10.5 Å². The van der Waals surface area contributed by atoms with Crippen molar-refractivity contribution in [2.24, 2.45) is 0 Å². The van der Waals surface area contributed by atoms with E-state index in [0.717, 1.165) is 27.9 Å². The van der Waals surface area contributed by atoms with Gasteiger partial charge in [0, 0.05) is 38.3 Å². The second-order valence-electron chi connectivity index (χ2n) is 8.87. The van der Waals surface area contributed by atoms with E-state index >= 15 is 0 Å². The van der Waals surface area contributed by atoms with E-state index in [1.54, 1.807) is 4.90 Å². The minimum absolute atomic E-state index is 0.0693. The molecule has 2 aromatic rings. The monoisotopic (exact) mass is 471 g/mol. The molecule has 33 heavy (non-hydrogen) atoms. The van der Waals surface area contributed by atoms with Gasteiger partial charge in [0.25, 0.3) is 0 Å². The highest BCUT2D eigenvalue weighted by atomic mass is 32.2. The molecule has 1 saturated heterocycles. The van der Waals surface area contributed by atoms with Crippen molar-refractivity contribution >= 4 is 27.5 Å². The lowest BCUT2D eigenvalue weighted by Gasteiger charge is -2.39. The van der Waals surface area contributed by atoms with Gasteiger partial charge in [0.15, 0.2) is 9.84 Å². The van der Waals surface area contributed by atoms with Gasteiger partial charge in [-0.15, -0.1) is 0 Å². The summed E-state index contributed by atoms with van der Waals surface area (Å²) in [5.74, 6) is 0.351. The lowest BCUT2D eigenvalue weighted by molar-refractivity contribution is -0.117. The number of rotatable bonds is 4. The average molecular weight is 472 g/mol. The molecule has 0 spiro atoms. The van der Waals surface area contributed by atoms with Crippen molar-refractivity contribution in [2.75, 3.05) is 29.5 Å². The Morgan fingerprint density at radius 2 is 1.70 bits per heavy atom. The van der Waals surface area contributed by atoms with Crippen molar-refractivity contribution in [3.8, 4) is 11.1 Å². The first-order valence-corrected chi connectivity index (χ1v) is 12.9. The van der Waals surface area contributed by atoms with Crippen LogP contribution in [0, 0.1) is 0 Å². The Balaban J connectivity index is 1.57. The lowest BCUT2D eigenvalue weighted by atomic mass is 9.89. The fourth-order valence-corrected chi connectivity index (χ4v) is 6.06. The second kappa shape index (κ2) is 9.15. The number of hydrogen-bond acceptors (Lipinski definition) is 5. The molecule has 2 aromatic carbocycles. The molecule has 2 heterocycles. The number of carbonyl (C=O) groups excluding carboxylic acids is 1. The maximum absolute atomic E-state index is 12.2. The summed E-state index contributed by atoms with van der Waals surface area (Å²) in [6, 6.07) is 13.4. The molecule has 0 aliphatic carbocycles. The van der Waals surface area contributed by atoms with Crippen LogP contribution in [0.3, 0.4) is 0 Å². The van der Waals surface area contributed by atoms with Crippen LogP contribution in [-0.2, 0) is 21.2 Å². The van der Waals surface area contributed by atoms with Crippen molar-refractivity contribution in [3.63, 3.8) is 0 Å². The summed E-state index contributed by atoms with van der Waals surface area (Å²) in [6.45, 7) is 5.26. The van der Waals surface area contributed by atoms with Crippen LogP contribution < -0.4 is 10.2 Å². The minimum atomic E-state index is -2.89. The summed E-state index contributed by atoms with van der Waals surface area (Å²) in [6.07, 6.45) is -0.581. The molecule has 9 heteroatoms. The highest BCUT2D eigenvalue weighted by molar-refractivity contribution is 7.91. The Labute approximate surface area is 194 Å². The van der Waals surface area contributed by atoms with E-state index in [1.165, 1.54) is 6.92 Å². The lowest BCUT2D eigenvalue weighted by Crippen LogP contribution is -2.45. The maximum atomic E-state index is 12.2. The number of hydrogen-bond donors (Lipinski definition) is 2. The fraction of sp³-hybridized carbons (Fsp3) is 0.417. The summed E-state index contributed by atoms with van der Waals surface area (Å²) in [7, 11) is -2.89. The minimum Gasteiger partial charge on any atom is -0.465 e. The molecule has 0 radical (unpaired) electrons. The predicted octanol–water partition coefficient (Wildman–Crippen LogP) is 3.04. The van der Waals surface area contributed by atoms with Gasteiger partial charge in [-0.2, -0.15) is 0 Å². The summed E-state index contributed by atoms with van der Waals surface area (Å²) < 4.78 is 23.2. The Bertz CT molecular complexity index is 1150. The molecule has 0 bridgehead atoms. The Hall–Kier alpha value is -2.91. The quantitative estimate of drug-likeness (QED) is 0.710. The molecular formula is C24H29N3O5S. The van der Waals surface area contributed by atoms with Crippen LogP contribution in [0.15, 0.2) is 42.5 Å².